The molecule has 7 heteroatoms. The molecular weight excluding hydrogens is 435 g/mol. The van der Waals surface area contributed by atoms with E-state index in [2.05, 4.69) is 11.8 Å². The average Bonchev–Trinajstić information content (AvgIpc) is 3.32. The summed E-state index contributed by atoms with van der Waals surface area (Å²) < 4.78 is 27.4. The number of furan rings is 1. The molecule has 0 unspecified atom stereocenters. The van der Waals surface area contributed by atoms with Gasteiger partial charge in [-0.1, -0.05) is 30.3 Å². The average molecular weight is 461 g/mol. The maximum Gasteiger partial charge on any atom is 0.307 e. The smallest absolute Gasteiger partial charge is 0.307 e. The Morgan fingerprint density at radius 3 is 2.71 bits per heavy atom. The zero-order chi connectivity index (χ0) is 23.8. The molecule has 0 saturated heterocycles. The largest absolute Gasteiger partial charge is 0.481 e. The number of carboxylic acids is 1. The van der Waals surface area contributed by atoms with Crippen molar-refractivity contribution in [1.82, 2.24) is 0 Å². The van der Waals surface area contributed by atoms with Crippen molar-refractivity contribution in [3.63, 3.8) is 0 Å². The second-order valence-corrected chi connectivity index (χ2v) is 8.37. The van der Waals surface area contributed by atoms with Gasteiger partial charge in [-0.2, -0.15) is 0 Å². The summed E-state index contributed by atoms with van der Waals surface area (Å²) in [5, 5.41) is 10.2. The van der Waals surface area contributed by atoms with Crippen LogP contribution < -0.4 is 15.4 Å². The van der Waals surface area contributed by atoms with Gasteiger partial charge < -0.3 is 24.9 Å². The van der Waals surface area contributed by atoms with Crippen molar-refractivity contribution < 1.29 is 23.4 Å². The maximum absolute atomic E-state index is 15.2. The summed E-state index contributed by atoms with van der Waals surface area (Å²) in [6, 6.07) is 16.5. The third kappa shape index (κ3) is 3.78. The Balaban J connectivity index is 1.63. The van der Waals surface area contributed by atoms with Crippen molar-refractivity contribution >= 4 is 22.6 Å². The summed E-state index contributed by atoms with van der Waals surface area (Å²) in [5.74, 6) is -0.707. The fourth-order valence-corrected chi connectivity index (χ4v) is 4.65. The van der Waals surface area contributed by atoms with E-state index < -0.39 is 5.97 Å². The van der Waals surface area contributed by atoms with E-state index in [1.54, 1.807) is 30.5 Å². The second-order valence-electron chi connectivity index (χ2n) is 8.37. The van der Waals surface area contributed by atoms with Crippen molar-refractivity contribution in [3.8, 4) is 16.9 Å². The monoisotopic (exact) mass is 460 g/mol. The molecule has 174 valence electrons. The maximum atomic E-state index is 15.2. The standard InChI is InChI=1S/C27H25FN2O4/c1-2-30-15-23(34-27-16(13-24(31)32)5-4-8-22(27)30)19-11-17-9-10-33-26(17)21(12-19)20-7-3-6-18(14-29)25(20)28/h3-12,23H,2,13-15,29H2,1H3,(H,31,32)/t23-/m1/s1. The van der Waals surface area contributed by atoms with E-state index in [-0.39, 0.29) is 24.9 Å². The lowest BCUT2D eigenvalue weighted by Crippen LogP contribution is -2.35. The normalized spacial score (nSPS) is 15.3. The number of carboxylic acid groups (broad SMARTS) is 1. The van der Waals surface area contributed by atoms with Gasteiger partial charge in [0.25, 0.3) is 0 Å². The Bertz CT molecular complexity index is 1380. The number of halogens is 1. The van der Waals surface area contributed by atoms with Crippen molar-refractivity contribution in [1.29, 1.82) is 0 Å². The highest BCUT2D eigenvalue weighted by Gasteiger charge is 2.29. The van der Waals surface area contributed by atoms with E-state index in [9.17, 15) is 9.90 Å². The van der Waals surface area contributed by atoms with Crippen LogP contribution in [0.2, 0.25) is 0 Å². The number of rotatable bonds is 6. The molecule has 0 radical (unpaired) electrons. The molecule has 1 aliphatic rings. The molecule has 1 aliphatic heterocycles. The first-order chi connectivity index (χ1) is 16.5. The molecule has 0 saturated carbocycles. The van der Waals surface area contributed by atoms with E-state index >= 15 is 4.39 Å². The molecule has 0 amide bonds. The minimum atomic E-state index is -0.917. The van der Waals surface area contributed by atoms with Crippen LogP contribution in [-0.2, 0) is 17.8 Å². The molecule has 6 nitrogen and oxygen atoms in total. The Morgan fingerprint density at radius 1 is 1.15 bits per heavy atom. The van der Waals surface area contributed by atoms with Crippen LogP contribution in [-0.4, -0.2) is 24.2 Å². The van der Waals surface area contributed by atoms with Crippen LogP contribution >= 0.6 is 0 Å². The summed E-state index contributed by atoms with van der Waals surface area (Å²) in [7, 11) is 0. The molecule has 3 N–H and O–H groups in total. The molecule has 0 bridgehead atoms. The van der Waals surface area contributed by atoms with E-state index in [0.29, 0.717) is 40.1 Å². The lowest BCUT2D eigenvalue weighted by molar-refractivity contribution is -0.136. The number of fused-ring (bicyclic) bond motifs is 2. The highest BCUT2D eigenvalue weighted by atomic mass is 19.1. The first-order valence-electron chi connectivity index (χ1n) is 11.2. The first kappa shape index (κ1) is 22.0. The van der Waals surface area contributed by atoms with E-state index in [0.717, 1.165) is 23.2 Å². The number of hydrogen-bond acceptors (Lipinski definition) is 5. The minimum absolute atomic E-state index is 0.0982. The van der Waals surface area contributed by atoms with Crippen LogP contribution in [0.5, 0.6) is 5.75 Å². The minimum Gasteiger partial charge on any atom is -0.481 e. The van der Waals surface area contributed by atoms with Crippen LogP contribution in [0, 0.1) is 5.82 Å². The van der Waals surface area contributed by atoms with E-state index in [1.807, 2.05) is 30.3 Å². The molecule has 1 atom stereocenters. The number of benzene rings is 3. The molecular formula is C27H25FN2O4. The van der Waals surface area contributed by atoms with Crippen LogP contribution in [0.3, 0.4) is 0 Å². The van der Waals surface area contributed by atoms with Gasteiger partial charge in [-0.3, -0.25) is 4.79 Å². The summed E-state index contributed by atoms with van der Waals surface area (Å²) in [6.07, 6.45) is 1.08. The van der Waals surface area contributed by atoms with Crippen molar-refractivity contribution in [2.75, 3.05) is 18.0 Å². The van der Waals surface area contributed by atoms with Crippen molar-refractivity contribution in [2.45, 2.75) is 26.0 Å². The zero-order valence-electron chi connectivity index (χ0n) is 18.8. The number of para-hydroxylation sites is 1. The van der Waals surface area contributed by atoms with Gasteiger partial charge in [-0.25, -0.2) is 4.39 Å². The van der Waals surface area contributed by atoms with E-state index in [4.69, 9.17) is 14.9 Å². The van der Waals surface area contributed by atoms with Gasteiger partial charge >= 0.3 is 5.97 Å². The molecule has 34 heavy (non-hydrogen) atoms. The quantitative estimate of drug-likeness (QED) is 0.407. The number of nitrogens with two attached hydrogens (primary N) is 1. The number of anilines is 1. The SMILES string of the molecule is CCN1C[C@H](c2cc(-c3cccc(CN)c3F)c3occc3c2)Oc2c(CC(=O)O)cccc21. The third-order valence-corrected chi connectivity index (χ3v) is 6.32. The molecule has 0 spiro atoms. The number of nitrogens with zero attached hydrogens (tertiary/aromatic N) is 1. The summed E-state index contributed by atoms with van der Waals surface area (Å²) in [5.41, 5.74) is 10.2. The first-order valence-corrected chi connectivity index (χ1v) is 11.2. The van der Waals surface area contributed by atoms with Gasteiger partial charge in [-0.15, -0.1) is 0 Å². The number of likely N-dealkylation sites (N-methyl/N-ethyl adjacent to an activating group) is 1. The molecule has 1 aromatic heterocycles. The van der Waals surface area contributed by atoms with E-state index in [1.165, 1.54) is 0 Å². The topological polar surface area (TPSA) is 88.9 Å². The molecule has 0 aliphatic carbocycles. The van der Waals surface area contributed by atoms with Crippen LogP contribution in [0.25, 0.3) is 22.1 Å². The van der Waals surface area contributed by atoms with Gasteiger partial charge in [0, 0.05) is 40.7 Å². The summed E-state index contributed by atoms with van der Waals surface area (Å²) >= 11 is 0. The summed E-state index contributed by atoms with van der Waals surface area (Å²) in [6.45, 7) is 3.46. The fourth-order valence-electron chi connectivity index (χ4n) is 4.65. The van der Waals surface area contributed by atoms with Crippen LogP contribution in [0.4, 0.5) is 10.1 Å². The van der Waals surface area contributed by atoms with Gasteiger partial charge in [-0.05, 0) is 36.8 Å². The number of aliphatic carboxylic acids is 1. The fraction of sp³-hybridized carbons (Fsp3) is 0.222. The van der Waals surface area contributed by atoms with Crippen molar-refractivity contribution in [3.05, 3.63) is 83.4 Å². The highest BCUT2D eigenvalue weighted by Crippen LogP contribution is 2.43. The van der Waals surface area contributed by atoms with Crippen LogP contribution in [0.15, 0.2) is 65.3 Å². The second kappa shape index (κ2) is 8.83. The lowest BCUT2D eigenvalue weighted by atomic mass is 9.95. The Labute approximate surface area is 196 Å². The highest BCUT2D eigenvalue weighted by molar-refractivity contribution is 5.93. The third-order valence-electron chi connectivity index (χ3n) is 6.32. The van der Waals surface area contributed by atoms with Gasteiger partial charge in [0.1, 0.15) is 23.3 Å². The van der Waals surface area contributed by atoms with Gasteiger partial charge in [0.05, 0.1) is 24.9 Å². The molecule has 2 heterocycles. The molecule has 3 aromatic carbocycles. The predicted octanol–water partition coefficient (Wildman–Crippen LogP) is 5.28. The Morgan fingerprint density at radius 2 is 1.94 bits per heavy atom. The Hall–Kier alpha value is -3.84. The van der Waals surface area contributed by atoms with Gasteiger partial charge in [0.15, 0.2) is 0 Å². The Kier molecular flexibility index (Phi) is 5.71. The number of ether oxygens (including phenoxy) is 1. The predicted molar refractivity (Wildman–Crippen MR) is 129 cm³/mol. The van der Waals surface area contributed by atoms with Crippen molar-refractivity contribution in [2.24, 2.45) is 5.73 Å². The number of carbonyl (C=O) groups is 1. The molecule has 0 fully saturated rings. The summed E-state index contributed by atoms with van der Waals surface area (Å²) in [4.78, 5) is 13.6. The molecule has 4 aromatic rings. The number of hydrogen-bond donors (Lipinski definition) is 2. The lowest BCUT2D eigenvalue weighted by Gasteiger charge is -2.37. The van der Waals surface area contributed by atoms with Gasteiger partial charge in [0.2, 0.25) is 0 Å². The zero-order valence-corrected chi connectivity index (χ0v) is 18.8. The van der Waals surface area contributed by atoms with Crippen LogP contribution in [0.1, 0.15) is 29.7 Å². The molecule has 5 rings (SSSR count).